The summed E-state index contributed by atoms with van der Waals surface area (Å²) in [4.78, 5) is 32.7. The van der Waals surface area contributed by atoms with Crippen LogP contribution in [-0.2, 0) is 11.3 Å². The maximum atomic E-state index is 12.3. The van der Waals surface area contributed by atoms with Crippen LogP contribution in [0.3, 0.4) is 0 Å². The van der Waals surface area contributed by atoms with Crippen molar-refractivity contribution in [1.29, 1.82) is 0 Å². The van der Waals surface area contributed by atoms with Crippen LogP contribution in [0.2, 0.25) is 0 Å². The van der Waals surface area contributed by atoms with E-state index in [0.29, 0.717) is 24.7 Å². The van der Waals surface area contributed by atoms with Crippen LogP contribution < -0.4 is 5.43 Å². The third kappa shape index (κ3) is 3.54. The number of amides is 2. The SMILES string of the molecule is Cc1cc(C)cc(-c2ncn(/C=C\C(=O)NN3CCn4ccnc4C3=O)n2)c1. The first-order valence-corrected chi connectivity index (χ1v) is 8.81. The lowest BCUT2D eigenvalue weighted by Crippen LogP contribution is -2.50. The average molecular weight is 377 g/mol. The van der Waals surface area contributed by atoms with Crippen molar-refractivity contribution in [2.24, 2.45) is 0 Å². The molecular weight excluding hydrogens is 358 g/mol. The zero-order valence-corrected chi connectivity index (χ0v) is 15.5. The van der Waals surface area contributed by atoms with E-state index in [9.17, 15) is 9.59 Å². The van der Waals surface area contributed by atoms with Crippen molar-refractivity contribution in [3.63, 3.8) is 0 Å². The molecular formula is C19H19N7O2. The Morgan fingerprint density at radius 1 is 1.14 bits per heavy atom. The van der Waals surface area contributed by atoms with Gasteiger partial charge in [0.2, 0.25) is 5.82 Å². The van der Waals surface area contributed by atoms with Crippen molar-refractivity contribution in [3.05, 3.63) is 59.9 Å². The average Bonchev–Trinajstić information content (AvgIpc) is 3.31. The van der Waals surface area contributed by atoms with Gasteiger partial charge in [0.1, 0.15) is 6.33 Å². The van der Waals surface area contributed by atoms with Crippen LogP contribution >= 0.6 is 0 Å². The molecule has 1 aliphatic heterocycles. The van der Waals surface area contributed by atoms with Gasteiger partial charge in [-0.3, -0.25) is 15.0 Å². The van der Waals surface area contributed by atoms with Gasteiger partial charge in [-0.1, -0.05) is 17.2 Å². The zero-order chi connectivity index (χ0) is 19.7. The van der Waals surface area contributed by atoms with E-state index in [0.717, 1.165) is 16.7 Å². The lowest BCUT2D eigenvalue weighted by atomic mass is 10.1. The Balaban J connectivity index is 1.41. The Hall–Kier alpha value is -3.75. The monoisotopic (exact) mass is 377 g/mol. The molecule has 0 fully saturated rings. The molecule has 0 atom stereocenters. The Morgan fingerprint density at radius 3 is 2.71 bits per heavy atom. The fourth-order valence-electron chi connectivity index (χ4n) is 3.12. The molecule has 2 amide bonds. The van der Waals surface area contributed by atoms with Crippen LogP contribution in [0, 0.1) is 13.8 Å². The van der Waals surface area contributed by atoms with Crippen LogP contribution in [0.5, 0.6) is 0 Å². The second kappa shape index (κ2) is 7.10. The van der Waals surface area contributed by atoms with E-state index < -0.39 is 5.91 Å². The highest BCUT2D eigenvalue weighted by Gasteiger charge is 2.26. The molecule has 4 rings (SSSR count). The van der Waals surface area contributed by atoms with E-state index in [1.165, 1.54) is 28.3 Å². The van der Waals surface area contributed by atoms with Crippen molar-refractivity contribution in [2.45, 2.75) is 20.4 Å². The molecule has 9 nitrogen and oxygen atoms in total. The predicted octanol–water partition coefficient (Wildman–Crippen LogP) is 1.42. The predicted molar refractivity (Wildman–Crippen MR) is 102 cm³/mol. The van der Waals surface area contributed by atoms with Gasteiger partial charge < -0.3 is 4.57 Å². The lowest BCUT2D eigenvalue weighted by molar-refractivity contribution is -0.120. The molecule has 142 valence electrons. The summed E-state index contributed by atoms with van der Waals surface area (Å²) >= 11 is 0. The molecule has 28 heavy (non-hydrogen) atoms. The van der Waals surface area contributed by atoms with E-state index in [1.807, 2.05) is 26.0 Å². The minimum absolute atomic E-state index is 0.310. The van der Waals surface area contributed by atoms with E-state index in [4.69, 9.17) is 0 Å². The third-order valence-electron chi connectivity index (χ3n) is 4.33. The summed E-state index contributed by atoms with van der Waals surface area (Å²) in [7, 11) is 0. The minimum Gasteiger partial charge on any atom is -0.325 e. The van der Waals surface area contributed by atoms with E-state index in [-0.39, 0.29) is 5.91 Å². The van der Waals surface area contributed by atoms with Gasteiger partial charge in [-0.15, -0.1) is 5.10 Å². The Bertz CT molecular complexity index is 1060. The molecule has 0 saturated carbocycles. The molecule has 1 aliphatic rings. The van der Waals surface area contributed by atoms with Gasteiger partial charge in [-0.2, -0.15) is 0 Å². The number of rotatable bonds is 4. The Labute approximate surface area is 161 Å². The highest BCUT2D eigenvalue weighted by Crippen LogP contribution is 2.18. The van der Waals surface area contributed by atoms with Crippen molar-refractivity contribution >= 4 is 18.0 Å². The zero-order valence-electron chi connectivity index (χ0n) is 15.5. The fraction of sp³-hybridized carbons (Fsp3) is 0.211. The van der Waals surface area contributed by atoms with Gasteiger partial charge >= 0.3 is 5.91 Å². The van der Waals surface area contributed by atoms with Crippen LogP contribution in [-0.4, -0.2) is 47.7 Å². The summed E-state index contributed by atoms with van der Waals surface area (Å²) in [5, 5.41) is 5.63. The molecule has 0 saturated heterocycles. The molecule has 0 aliphatic carbocycles. The molecule has 0 bridgehead atoms. The number of carbonyl (C=O) groups excluding carboxylic acids is 2. The highest BCUT2D eigenvalue weighted by molar-refractivity contribution is 5.95. The number of hydrogen-bond donors (Lipinski definition) is 1. The highest BCUT2D eigenvalue weighted by atomic mass is 16.2. The summed E-state index contributed by atoms with van der Waals surface area (Å²) in [5.41, 5.74) is 5.75. The number of carbonyl (C=O) groups is 2. The van der Waals surface area contributed by atoms with Crippen LogP contribution in [0.15, 0.2) is 43.0 Å². The van der Waals surface area contributed by atoms with E-state index in [2.05, 4.69) is 26.6 Å². The summed E-state index contributed by atoms with van der Waals surface area (Å²) in [5.74, 6) is 0.118. The quantitative estimate of drug-likeness (QED) is 0.694. The second-order valence-corrected chi connectivity index (χ2v) is 6.62. The number of benzene rings is 1. The number of hydrogen-bond acceptors (Lipinski definition) is 5. The first-order chi connectivity index (χ1) is 13.5. The second-order valence-electron chi connectivity index (χ2n) is 6.62. The molecule has 0 radical (unpaired) electrons. The van der Waals surface area contributed by atoms with Gasteiger partial charge in [0.15, 0.2) is 5.82 Å². The number of aryl methyl sites for hydroxylation is 2. The van der Waals surface area contributed by atoms with E-state index in [1.54, 1.807) is 17.0 Å². The molecule has 9 heteroatoms. The minimum atomic E-state index is -0.434. The number of aromatic nitrogens is 5. The molecule has 1 N–H and O–H groups in total. The summed E-state index contributed by atoms with van der Waals surface area (Å²) in [6.45, 7) is 4.99. The number of hydrazine groups is 1. The third-order valence-corrected chi connectivity index (χ3v) is 4.33. The van der Waals surface area contributed by atoms with Crippen molar-refractivity contribution in [3.8, 4) is 11.4 Å². The summed E-state index contributed by atoms with van der Waals surface area (Å²) in [6.07, 6.45) is 7.62. The summed E-state index contributed by atoms with van der Waals surface area (Å²) in [6, 6.07) is 6.10. The fourth-order valence-corrected chi connectivity index (χ4v) is 3.12. The molecule has 0 spiro atoms. The molecule has 2 aromatic heterocycles. The van der Waals surface area contributed by atoms with Gasteiger partial charge in [-0.25, -0.2) is 19.7 Å². The van der Waals surface area contributed by atoms with E-state index >= 15 is 0 Å². The van der Waals surface area contributed by atoms with Crippen molar-refractivity contribution in [2.75, 3.05) is 6.54 Å². The topological polar surface area (TPSA) is 97.9 Å². The number of nitrogens with one attached hydrogen (secondary N) is 1. The van der Waals surface area contributed by atoms with Gasteiger partial charge in [0.25, 0.3) is 5.91 Å². The largest absolute Gasteiger partial charge is 0.325 e. The normalized spacial score (nSPS) is 13.8. The van der Waals surface area contributed by atoms with Crippen LogP contribution in [0.4, 0.5) is 0 Å². The van der Waals surface area contributed by atoms with Crippen LogP contribution in [0.1, 0.15) is 21.7 Å². The van der Waals surface area contributed by atoms with Gasteiger partial charge in [0, 0.05) is 36.8 Å². The number of nitrogens with zero attached hydrogens (tertiary/aromatic N) is 6. The number of imidazole rings is 1. The smallest absolute Gasteiger partial charge is 0.308 e. The maximum absolute atomic E-state index is 12.3. The summed E-state index contributed by atoms with van der Waals surface area (Å²) < 4.78 is 3.21. The first kappa shape index (κ1) is 17.7. The first-order valence-electron chi connectivity index (χ1n) is 8.81. The van der Waals surface area contributed by atoms with Crippen LogP contribution in [0.25, 0.3) is 17.6 Å². The lowest BCUT2D eigenvalue weighted by Gasteiger charge is -2.26. The Kier molecular flexibility index (Phi) is 4.48. The number of fused-ring (bicyclic) bond motifs is 1. The van der Waals surface area contributed by atoms with Crippen molar-refractivity contribution in [1.82, 2.24) is 34.8 Å². The van der Waals surface area contributed by atoms with Crippen molar-refractivity contribution < 1.29 is 9.59 Å². The van der Waals surface area contributed by atoms with Gasteiger partial charge in [-0.05, 0) is 26.0 Å². The maximum Gasteiger partial charge on any atom is 0.308 e. The molecule has 3 heterocycles. The molecule has 1 aromatic carbocycles. The Morgan fingerprint density at radius 2 is 1.93 bits per heavy atom. The molecule has 3 aromatic rings. The van der Waals surface area contributed by atoms with Gasteiger partial charge in [0.05, 0.1) is 6.54 Å². The molecule has 0 unspecified atom stereocenters. The standard InChI is InChI=1S/C19H19N7O2/c1-13-9-14(2)11-15(10-13)17-21-12-25(23-17)5-3-16(27)22-26-8-7-24-6-4-20-18(24)19(26)28/h3-6,9-12H,7-8H2,1-2H3,(H,22,27)/b5-3-.